The van der Waals surface area contributed by atoms with Gasteiger partial charge >= 0.3 is 0 Å². The van der Waals surface area contributed by atoms with E-state index in [0.29, 0.717) is 5.41 Å². The van der Waals surface area contributed by atoms with Crippen molar-refractivity contribution in [1.82, 2.24) is 10.6 Å². The fourth-order valence-corrected chi connectivity index (χ4v) is 3.63. The largest absolute Gasteiger partial charge is 0.315 e. The molecule has 2 fully saturated rings. The van der Waals surface area contributed by atoms with Crippen LogP contribution in [0.25, 0.3) is 0 Å². The van der Waals surface area contributed by atoms with Gasteiger partial charge in [0.15, 0.2) is 0 Å². The van der Waals surface area contributed by atoms with Crippen LogP contribution < -0.4 is 10.6 Å². The van der Waals surface area contributed by atoms with Crippen LogP contribution in [0.4, 0.5) is 0 Å². The summed E-state index contributed by atoms with van der Waals surface area (Å²) in [6, 6.07) is 0.823. The van der Waals surface area contributed by atoms with Crippen LogP contribution in [-0.2, 0) is 0 Å². The second kappa shape index (κ2) is 6.75. The topological polar surface area (TPSA) is 24.1 Å². The lowest BCUT2D eigenvalue weighted by Gasteiger charge is -2.28. The highest BCUT2D eigenvalue weighted by Crippen LogP contribution is 2.40. The molecule has 0 aromatic rings. The summed E-state index contributed by atoms with van der Waals surface area (Å²) in [5, 5.41) is 7.36. The Labute approximate surface area is 107 Å². The summed E-state index contributed by atoms with van der Waals surface area (Å²) in [6.07, 6.45) is 12.8. The maximum Gasteiger partial charge on any atom is 0.00793 e. The van der Waals surface area contributed by atoms with Crippen LogP contribution in [0.15, 0.2) is 0 Å². The van der Waals surface area contributed by atoms with E-state index < -0.39 is 0 Å². The van der Waals surface area contributed by atoms with Crippen molar-refractivity contribution in [2.45, 2.75) is 70.8 Å². The lowest BCUT2D eigenvalue weighted by Crippen LogP contribution is -2.38. The van der Waals surface area contributed by atoms with E-state index in [1.54, 1.807) is 0 Å². The van der Waals surface area contributed by atoms with Gasteiger partial charge in [0, 0.05) is 25.7 Å². The minimum Gasteiger partial charge on any atom is -0.315 e. The predicted octanol–water partition coefficient (Wildman–Crippen LogP) is 3.08. The lowest BCUT2D eigenvalue weighted by atomic mass is 9.83. The van der Waals surface area contributed by atoms with Crippen LogP contribution in [0.1, 0.15) is 64.7 Å². The zero-order chi connectivity index (χ0) is 12.0. The molecule has 0 radical (unpaired) electrons. The van der Waals surface area contributed by atoms with Crippen LogP contribution in [0, 0.1) is 5.41 Å². The molecule has 0 aromatic heterocycles. The van der Waals surface area contributed by atoms with Gasteiger partial charge in [-0.15, -0.1) is 0 Å². The SMILES string of the molecule is CCC1(CNCCNC2CCCC2)CCCC1. The standard InChI is InChI=1S/C15H30N2/c1-2-15(9-5-6-10-15)13-16-11-12-17-14-7-3-4-8-14/h14,16-17H,2-13H2,1H3. The molecule has 2 aliphatic carbocycles. The Morgan fingerprint density at radius 1 is 1.00 bits per heavy atom. The highest BCUT2D eigenvalue weighted by atomic mass is 15.0. The van der Waals surface area contributed by atoms with Gasteiger partial charge in [0.2, 0.25) is 0 Å². The van der Waals surface area contributed by atoms with E-state index >= 15 is 0 Å². The molecule has 0 unspecified atom stereocenters. The summed E-state index contributed by atoms with van der Waals surface area (Å²) in [4.78, 5) is 0. The average Bonchev–Trinajstić information content (AvgIpc) is 3.00. The molecule has 0 amide bonds. The normalized spacial score (nSPS) is 24.5. The molecule has 17 heavy (non-hydrogen) atoms. The number of rotatable bonds is 7. The van der Waals surface area contributed by atoms with Crippen molar-refractivity contribution in [2.75, 3.05) is 19.6 Å². The van der Waals surface area contributed by atoms with Gasteiger partial charge in [0.25, 0.3) is 0 Å². The first-order chi connectivity index (χ1) is 8.35. The smallest absolute Gasteiger partial charge is 0.00793 e. The Balaban J connectivity index is 1.53. The fourth-order valence-electron chi connectivity index (χ4n) is 3.63. The van der Waals surface area contributed by atoms with Crippen LogP contribution >= 0.6 is 0 Å². The highest BCUT2D eigenvalue weighted by Gasteiger charge is 2.31. The van der Waals surface area contributed by atoms with Gasteiger partial charge in [0.1, 0.15) is 0 Å². The quantitative estimate of drug-likeness (QED) is 0.666. The molecule has 0 aliphatic heterocycles. The Bertz CT molecular complexity index is 203. The van der Waals surface area contributed by atoms with E-state index in [1.165, 1.54) is 64.3 Å². The van der Waals surface area contributed by atoms with Crippen LogP contribution in [0.2, 0.25) is 0 Å². The molecule has 0 atom stereocenters. The van der Waals surface area contributed by atoms with Gasteiger partial charge in [-0.3, -0.25) is 0 Å². The summed E-state index contributed by atoms with van der Waals surface area (Å²) in [7, 11) is 0. The molecule has 0 saturated heterocycles. The van der Waals surface area contributed by atoms with Crippen molar-refractivity contribution in [2.24, 2.45) is 5.41 Å². The summed E-state index contributed by atoms with van der Waals surface area (Å²) in [5.41, 5.74) is 0.646. The van der Waals surface area contributed by atoms with Gasteiger partial charge in [-0.1, -0.05) is 32.6 Å². The Morgan fingerprint density at radius 3 is 2.35 bits per heavy atom. The molecule has 2 nitrogen and oxygen atoms in total. The van der Waals surface area contributed by atoms with Crippen molar-refractivity contribution in [3.8, 4) is 0 Å². The molecular formula is C15H30N2. The van der Waals surface area contributed by atoms with Crippen LogP contribution in [0.5, 0.6) is 0 Å². The van der Waals surface area contributed by atoms with Crippen LogP contribution in [0.3, 0.4) is 0 Å². The van der Waals surface area contributed by atoms with Gasteiger partial charge in [0.05, 0.1) is 0 Å². The Hall–Kier alpha value is -0.0800. The second-order valence-electron chi connectivity index (χ2n) is 6.17. The third-order valence-electron chi connectivity index (χ3n) is 5.00. The predicted molar refractivity (Wildman–Crippen MR) is 74.3 cm³/mol. The van der Waals surface area contributed by atoms with E-state index in [2.05, 4.69) is 17.6 Å². The van der Waals surface area contributed by atoms with Crippen molar-refractivity contribution in [3.05, 3.63) is 0 Å². The van der Waals surface area contributed by atoms with Gasteiger partial charge in [-0.25, -0.2) is 0 Å². The number of hydrogen-bond donors (Lipinski definition) is 2. The third kappa shape index (κ3) is 3.96. The van der Waals surface area contributed by atoms with E-state index in [1.807, 2.05) is 0 Å². The van der Waals surface area contributed by atoms with Crippen molar-refractivity contribution >= 4 is 0 Å². The van der Waals surface area contributed by atoms with E-state index in [-0.39, 0.29) is 0 Å². The first kappa shape index (κ1) is 13.4. The van der Waals surface area contributed by atoms with E-state index in [9.17, 15) is 0 Å². The molecule has 0 aromatic carbocycles. The van der Waals surface area contributed by atoms with Crippen molar-refractivity contribution in [3.63, 3.8) is 0 Å². The minimum atomic E-state index is 0.646. The van der Waals surface area contributed by atoms with Crippen molar-refractivity contribution in [1.29, 1.82) is 0 Å². The lowest BCUT2D eigenvalue weighted by molar-refractivity contribution is 0.268. The summed E-state index contributed by atoms with van der Waals surface area (Å²) in [5.74, 6) is 0. The number of hydrogen-bond acceptors (Lipinski definition) is 2. The molecule has 2 saturated carbocycles. The average molecular weight is 238 g/mol. The molecule has 0 spiro atoms. The zero-order valence-electron chi connectivity index (χ0n) is 11.6. The molecule has 100 valence electrons. The molecular weight excluding hydrogens is 208 g/mol. The monoisotopic (exact) mass is 238 g/mol. The van der Waals surface area contributed by atoms with Gasteiger partial charge in [-0.2, -0.15) is 0 Å². The molecule has 0 heterocycles. The fraction of sp³-hybridized carbons (Fsp3) is 1.00. The first-order valence-electron chi connectivity index (χ1n) is 7.79. The Morgan fingerprint density at radius 2 is 1.71 bits per heavy atom. The number of nitrogens with one attached hydrogen (secondary N) is 2. The Kier molecular flexibility index (Phi) is 5.30. The van der Waals surface area contributed by atoms with Gasteiger partial charge < -0.3 is 10.6 Å². The summed E-state index contributed by atoms with van der Waals surface area (Å²) >= 11 is 0. The summed E-state index contributed by atoms with van der Waals surface area (Å²) in [6.45, 7) is 5.92. The zero-order valence-corrected chi connectivity index (χ0v) is 11.6. The maximum absolute atomic E-state index is 3.68. The minimum absolute atomic E-state index is 0.646. The summed E-state index contributed by atoms with van der Waals surface area (Å²) < 4.78 is 0. The van der Waals surface area contributed by atoms with Crippen molar-refractivity contribution < 1.29 is 0 Å². The molecule has 2 aliphatic rings. The second-order valence-corrected chi connectivity index (χ2v) is 6.17. The molecule has 2 rings (SSSR count). The molecule has 2 N–H and O–H groups in total. The molecule has 2 heteroatoms. The third-order valence-corrected chi connectivity index (χ3v) is 5.00. The van der Waals surface area contributed by atoms with Gasteiger partial charge in [-0.05, 0) is 37.5 Å². The van der Waals surface area contributed by atoms with Crippen LogP contribution in [-0.4, -0.2) is 25.7 Å². The maximum atomic E-state index is 3.68. The van der Waals surface area contributed by atoms with E-state index in [0.717, 1.165) is 19.1 Å². The van der Waals surface area contributed by atoms with E-state index in [4.69, 9.17) is 0 Å². The molecule has 0 bridgehead atoms. The first-order valence-corrected chi connectivity index (χ1v) is 7.79. The highest BCUT2D eigenvalue weighted by molar-refractivity contribution is 4.85.